The van der Waals surface area contributed by atoms with Crippen LogP contribution in [0.15, 0.2) is 18.2 Å². The lowest BCUT2D eigenvalue weighted by atomic mass is 9.97. The number of amides is 1. The predicted octanol–water partition coefficient (Wildman–Crippen LogP) is 2.07. The molecular weight excluding hydrogens is 250 g/mol. The van der Waals surface area contributed by atoms with E-state index in [-0.39, 0.29) is 5.91 Å². The molecule has 2 rings (SSSR count). The van der Waals surface area contributed by atoms with Gasteiger partial charge in [-0.2, -0.15) is 0 Å². The fraction of sp³-hybridized carbons (Fsp3) is 0.562. The van der Waals surface area contributed by atoms with Gasteiger partial charge in [-0.3, -0.25) is 4.79 Å². The van der Waals surface area contributed by atoms with Crippen molar-refractivity contribution >= 4 is 11.6 Å². The first-order valence-electron chi connectivity index (χ1n) is 7.35. The molecule has 1 aliphatic rings. The van der Waals surface area contributed by atoms with E-state index in [0.717, 1.165) is 50.1 Å². The molecule has 20 heavy (non-hydrogen) atoms. The Hall–Kier alpha value is -1.55. The largest absolute Gasteiger partial charge is 0.385 e. The summed E-state index contributed by atoms with van der Waals surface area (Å²) in [5.74, 6) is 0.143. The molecule has 1 amide bonds. The maximum Gasteiger partial charge on any atom is 0.253 e. The molecule has 1 heterocycles. The molecule has 0 aliphatic carbocycles. The van der Waals surface area contributed by atoms with Gasteiger partial charge in [0.2, 0.25) is 0 Å². The Labute approximate surface area is 121 Å². The van der Waals surface area contributed by atoms with Crippen molar-refractivity contribution in [3.63, 3.8) is 0 Å². The van der Waals surface area contributed by atoms with Crippen LogP contribution in [0, 0.1) is 0 Å². The van der Waals surface area contributed by atoms with E-state index in [1.807, 2.05) is 24.1 Å². The van der Waals surface area contributed by atoms with E-state index >= 15 is 0 Å². The number of nitrogens with one attached hydrogen (secondary N) is 1. The van der Waals surface area contributed by atoms with E-state index in [1.54, 1.807) is 0 Å². The Kier molecular flexibility index (Phi) is 5.01. The zero-order valence-electron chi connectivity index (χ0n) is 12.8. The number of fused-ring (bicyclic) bond motifs is 1. The fourth-order valence-corrected chi connectivity index (χ4v) is 2.64. The maximum absolute atomic E-state index is 12.6. The van der Waals surface area contributed by atoms with Crippen LogP contribution in [-0.2, 0) is 6.42 Å². The number of hydrogen-bond acceptors (Lipinski definition) is 3. The monoisotopic (exact) mass is 275 g/mol. The van der Waals surface area contributed by atoms with E-state index < -0.39 is 0 Å². The Morgan fingerprint density at radius 3 is 2.80 bits per heavy atom. The van der Waals surface area contributed by atoms with Gasteiger partial charge in [0.05, 0.1) is 0 Å². The van der Waals surface area contributed by atoms with Gasteiger partial charge in [-0.25, -0.2) is 0 Å². The van der Waals surface area contributed by atoms with Crippen LogP contribution in [0.2, 0.25) is 0 Å². The molecule has 110 valence electrons. The zero-order valence-corrected chi connectivity index (χ0v) is 12.8. The topological polar surface area (TPSA) is 35.6 Å². The number of anilines is 1. The van der Waals surface area contributed by atoms with Crippen LogP contribution in [0.3, 0.4) is 0 Å². The highest BCUT2D eigenvalue weighted by molar-refractivity contribution is 5.97. The van der Waals surface area contributed by atoms with Crippen LogP contribution in [0.4, 0.5) is 5.69 Å². The Morgan fingerprint density at radius 2 is 2.05 bits per heavy atom. The third-order valence-electron chi connectivity index (χ3n) is 3.77. The molecule has 1 aliphatic heterocycles. The van der Waals surface area contributed by atoms with Crippen LogP contribution in [-0.4, -0.2) is 56.5 Å². The SMILES string of the molecule is CN(C)CCCN(C)C(=O)c1cccc2c1CCCN2. The van der Waals surface area contributed by atoms with E-state index in [0.29, 0.717) is 0 Å². The maximum atomic E-state index is 12.6. The number of carbonyl (C=O) groups excluding carboxylic acids is 1. The van der Waals surface area contributed by atoms with Crippen LogP contribution in [0.1, 0.15) is 28.8 Å². The van der Waals surface area contributed by atoms with Crippen molar-refractivity contribution < 1.29 is 4.79 Å². The number of nitrogens with zero attached hydrogens (tertiary/aromatic N) is 2. The second kappa shape index (κ2) is 6.75. The van der Waals surface area contributed by atoms with Crippen molar-refractivity contribution in [2.75, 3.05) is 46.1 Å². The average Bonchev–Trinajstić information content (AvgIpc) is 2.45. The zero-order chi connectivity index (χ0) is 14.5. The Morgan fingerprint density at radius 1 is 1.25 bits per heavy atom. The molecule has 0 saturated carbocycles. The minimum Gasteiger partial charge on any atom is -0.385 e. The molecular formula is C16H25N3O. The second-order valence-corrected chi connectivity index (χ2v) is 5.75. The van der Waals surface area contributed by atoms with Gasteiger partial charge in [0.15, 0.2) is 0 Å². The molecule has 1 N–H and O–H groups in total. The summed E-state index contributed by atoms with van der Waals surface area (Å²) in [6, 6.07) is 5.99. The smallest absolute Gasteiger partial charge is 0.253 e. The minimum atomic E-state index is 0.143. The fourth-order valence-electron chi connectivity index (χ4n) is 2.64. The molecule has 4 heteroatoms. The quantitative estimate of drug-likeness (QED) is 0.893. The van der Waals surface area contributed by atoms with E-state index in [9.17, 15) is 4.79 Å². The summed E-state index contributed by atoms with van der Waals surface area (Å²) in [5, 5.41) is 3.38. The summed E-state index contributed by atoms with van der Waals surface area (Å²) >= 11 is 0. The van der Waals surface area contributed by atoms with E-state index in [2.05, 4.69) is 30.4 Å². The van der Waals surface area contributed by atoms with Gasteiger partial charge in [0.1, 0.15) is 0 Å². The van der Waals surface area contributed by atoms with Gasteiger partial charge < -0.3 is 15.1 Å². The van der Waals surface area contributed by atoms with E-state index in [4.69, 9.17) is 0 Å². The number of hydrogen-bond donors (Lipinski definition) is 1. The highest BCUT2D eigenvalue weighted by Gasteiger charge is 2.19. The lowest BCUT2D eigenvalue weighted by Gasteiger charge is -2.24. The Balaban J connectivity index is 2.05. The molecule has 1 aromatic rings. The summed E-state index contributed by atoms with van der Waals surface area (Å²) in [7, 11) is 6.01. The Bertz CT molecular complexity index is 471. The molecule has 0 fully saturated rings. The molecule has 0 spiro atoms. The third-order valence-corrected chi connectivity index (χ3v) is 3.77. The van der Waals surface area contributed by atoms with Crippen molar-refractivity contribution in [2.24, 2.45) is 0 Å². The van der Waals surface area contributed by atoms with Crippen LogP contribution >= 0.6 is 0 Å². The number of benzene rings is 1. The second-order valence-electron chi connectivity index (χ2n) is 5.75. The van der Waals surface area contributed by atoms with Gasteiger partial charge in [-0.05, 0) is 57.6 Å². The average molecular weight is 275 g/mol. The minimum absolute atomic E-state index is 0.143. The first kappa shape index (κ1) is 14.9. The summed E-state index contributed by atoms with van der Waals surface area (Å²) in [6.45, 7) is 2.81. The lowest BCUT2D eigenvalue weighted by molar-refractivity contribution is 0.0789. The summed E-state index contributed by atoms with van der Waals surface area (Å²) < 4.78 is 0. The van der Waals surface area contributed by atoms with Crippen LogP contribution in [0.25, 0.3) is 0 Å². The number of carbonyl (C=O) groups is 1. The first-order chi connectivity index (χ1) is 9.59. The van der Waals surface area contributed by atoms with Crippen LogP contribution < -0.4 is 5.32 Å². The standard InChI is InChI=1S/C16H25N3O/c1-18(2)11-6-12-19(3)16(20)14-7-4-9-15-13(14)8-5-10-17-15/h4,7,9,17H,5-6,8,10-12H2,1-3H3. The van der Waals surface area contributed by atoms with Crippen molar-refractivity contribution in [2.45, 2.75) is 19.3 Å². The molecule has 0 radical (unpaired) electrons. The van der Waals surface area contributed by atoms with Gasteiger partial charge >= 0.3 is 0 Å². The summed E-state index contributed by atoms with van der Waals surface area (Å²) in [4.78, 5) is 16.6. The first-order valence-corrected chi connectivity index (χ1v) is 7.35. The lowest BCUT2D eigenvalue weighted by Crippen LogP contribution is -2.31. The van der Waals surface area contributed by atoms with Gasteiger partial charge in [0, 0.05) is 31.4 Å². The van der Waals surface area contributed by atoms with Gasteiger partial charge in [-0.1, -0.05) is 6.07 Å². The van der Waals surface area contributed by atoms with Crippen LogP contribution in [0.5, 0.6) is 0 Å². The van der Waals surface area contributed by atoms with E-state index in [1.165, 1.54) is 5.56 Å². The highest BCUT2D eigenvalue weighted by atomic mass is 16.2. The molecule has 1 aromatic carbocycles. The molecule has 0 saturated heterocycles. The van der Waals surface area contributed by atoms with Gasteiger partial charge in [-0.15, -0.1) is 0 Å². The summed E-state index contributed by atoms with van der Waals surface area (Å²) in [6.07, 6.45) is 3.10. The van der Waals surface area contributed by atoms with Crippen molar-refractivity contribution in [1.29, 1.82) is 0 Å². The third kappa shape index (κ3) is 3.51. The van der Waals surface area contributed by atoms with Crippen molar-refractivity contribution in [3.8, 4) is 0 Å². The highest BCUT2D eigenvalue weighted by Crippen LogP contribution is 2.26. The van der Waals surface area contributed by atoms with Gasteiger partial charge in [0.25, 0.3) is 5.91 Å². The molecule has 4 nitrogen and oxygen atoms in total. The molecule has 0 unspecified atom stereocenters. The van der Waals surface area contributed by atoms with Crippen molar-refractivity contribution in [1.82, 2.24) is 9.80 Å². The summed E-state index contributed by atoms with van der Waals surface area (Å²) in [5.41, 5.74) is 3.18. The molecule has 0 atom stereocenters. The normalized spacial score (nSPS) is 13.8. The molecule has 0 aromatic heterocycles. The number of rotatable bonds is 5. The molecule has 0 bridgehead atoms. The predicted molar refractivity (Wildman–Crippen MR) is 83.4 cm³/mol. The van der Waals surface area contributed by atoms with Crippen molar-refractivity contribution in [3.05, 3.63) is 29.3 Å².